The number of hydrogen-bond donors (Lipinski definition) is 0. The molecule has 0 N–H and O–H groups in total. The molecule has 1 aromatic rings. The second kappa shape index (κ2) is 5.80. The van der Waals surface area contributed by atoms with Crippen molar-refractivity contribution in [3.05, 3.63) is 18.5 Å². The molecule has 1 heterocycles. The van der Waals surface area contributed by atoms with E-state index in [1.165, 1.54) is 0 Å². The Morgan fingerprint density at radius 3 is 2.56 bits per heavy atom. The lowest BCUT2D eigenvalue weighted by molar-refractivity contribution is 0.0603. The zero-order valence-electron chi connectivity index (χ0n) is 11.7. The van der Waals surface area contributed by atoms with E-state index in [2.05, 4.69) is 23.9 Å². The predicted octanol–water partition coefficient (Wildman–Crippen LogP) is 3.11. The monoisotopic (exact) mass is 251 g/mol. The van der Waals surface area contributed by atoms with Crippen molar-refractivity contribution in [3.63, 3.8) is 0 Å². The summed E-state index contributed by atoms with van der Waals surface area (Å²) in [6.07, 6.45) is 3.52. The molecule has 5 nitrogen and oxygen atoms in total. The summed E-state index contributed by atoms with van der Waals surface area (Å²) in [5.41, 5.74) is -0.534. The summed E-state index contributed by atoms with van der Waals surface area (Å²) in [6.45, 7) is 9.57. The molecule has 5 heteroatoms. The molecule has 0 unspecified atom stereocenters. The molecule has 18 heavy (non-hydrogen) atoms. The van der Waals surface area contributed by atoms with Crippen LogP contribution in [0, 0.1) is 5.92 Å². The van der Waals surface area contributed by atoms with Crippen molar-refractivity contribution in [2.45, 2.75) is 46.6 Å². The van der Waals surface area contributed by atoms with Crippen LogP contribution in [-0.2, 0) is 4.74 Å². The van der Waals surface area contributed by atoms with Gasteiger partial charge in [-0.3, -0.25) is 0 Å². The number of carbonyl (C=O) groups excluding carboxylic acids is 1. The van der Waals surface area contributed by atoms with Crippen LogP contribution in [0.3, 0.4) is 0 Å². The van der Waals surface area contributed by atoms with Crippen molar-refractivity contribution in [3.8, 4) is 0 Å². The maximum atomic E-state index is 11.7. The van der Waals surface area contributed by atoms with Gasteiger partial charge in [-0.05, 0) is 32.8 Å². The second-order valence-electron chi connectivity index (χ2n) is 5.56. The third-order valence-corrected chi connectivity index (χ3v) is 1.97. The van der Waals surface area contributed by atoms with Gasteiger partial charge in [-0.1, -0.05) is 13.8 Å². The molecule has 0 aliphatic heterocycles. The minimum absolute atomic E-state index is 0.385. The molecular formula is C13H21N3O2. The van der Waals surface area contributed by atoms with E-state index in [1.807, 2.05) is 20.8 Å². The van der Waals surface area contributed by atoms with E-state index in [9.17, 15) is 4.79 Å². The standard InChI is InChI=1S/C13H21N3O2/c1-10(2)9-11(16-8-6-7-14-16)15-12(17)18-13(3,4)5/h6-8,10H,9H2,1-5H3. The third kappa shape index (κ3) is 5.12. The number of ether oxygens (including phenoxy) is 1. The molecule has 0 aliphatic rings. The van der Waals surface area contributed by atoms with Crippen LogP contribution in [-0.4, -0.2) is 27.3 Å². The molecule has 1 aromatic heterocycles. The Bertz CT molecular complexity index is 414. The summed E-state index contributed by atoms with van der Waals surface area (Å²) < 4.78 is 6.78. The van der Waals surface area contributed by atoms with Gasteiger partial charge in [0, 0.05) is 18.8 Å². The van der Waals surface area contributed by atoms with Gasteiger partial charge in [-0.2, -0.15) is 10.1 Å². The summed E-state index contributed by atoms with van der Waals surface area (Å²) in [5, 5.41) is 4.10. The predicted molar refractivity (Wildman–Crippen MR) is 70.7 cm³/mol. The average Bonchev–Trinajstić information content (AvgIpc) is 2.64. The first-order valence-electron chi connectivity index (χ1n) is 6.08. The second-order valence-corrected chi connectivity index (χ2v) is 5.56. The highest BCUT2D eigenvalue weighted by Gasteiger charge is 2.17. The Balaban J connectivity index is 2.86. The van der Waals surface area contributed by atoms with Crippen LogP contribution in [0.4, 0.5) is 4.79 Å². The first-order valence-corrected chi connectivity index (χ1v) is 6.08. The number of amides is 1. The van der Waals surface area contributed by atoms with Crippen LogP contribution < -0.4 is 0 Å². The van der Waals surface area contributed by atoms with E-state index in [4.69, 9.17) is 4.74 Å². The van der Waals surface area contributed by atoms with Gasteiger partial charge in [0.1, 0.15) is 11.4 Å². The van der Waals surface area contributed by atoms with Crippen LogP contribution in [0.25, 0.3) is 0 Å². The lowest BCUT2D eigenvalue weighted by atomic mass is 10.1. The van der Waals surface area contributed by atoms with Gasteiger partial charge in [-0.25, -0.2) is 9.48 Å². The molecule has 0 saturated carbocycles. The Hall–Kier alpha value is -1.65. The van der Waals surface area contributed by atoms with E-state index in [-0.39, 0.29) is 0 Å². The van der Waals surface area contributed by atoms with E-state index < -0.39 is 11.7 Å². The summed E-state index contributed by atoms with van der Waals surface area (Å²) >= 11 is 0. The molecule has 0 radical (unpaired) electrons. The lowest BCUT2D eigenvalue weighted by Crippen LogP contribution is -2.24. The van der Waals surface area contributed by atoms with E-state index in [0.717, 1.165) is 0 Å². The normalized spacial score (nSPS) is 12.9. The highest BCUT2D eigenvalue weighted by Crippen LogP contribution is 2.10. The first kappa shape index (κ1) is 14.4. The number of carbonyl (C=O) groups is 1. The van der Waals surface area contributed by atoms with Crippen molar-refractivity contribution in [2.75, 3.05) is 0 Å². The summed E-state index contributed by atoms with van der Waals surface area (Å²) in [6, 6.07) is 1.80. The van der Waals surface area contributed by atoms with E-state index >= 15 is 0 Å². The highest BCUT2D eigenvalue weighted by atomic mass is 16.6. The van der Waals surface area contributed by atoms with Gasteiger partial charge in [0.2, 0.25) is 0 Å². The Kier molecular flexibility index (Phi) is 4.64. The van der Waals surface area contributed by atoms with Crippen molar-refractivity contribution in [1.82, 2.24) is 9.78 Å². The smallest absolute Gasteiger partial charge is 0.435 e. The number of aromatic nitrogens is 2. The quantitative estimate of drug-likeness (QED) is 0.599. The summed E-state index contributed by atoms with van der Waals surface area (Å²) in [5.74, 6) is 0.986. The molecule has 0 fully saturated rings. The highest BCUT2D eigenvalue weighted by molar-refractivity contribution is 5.92. The number of nitrogens with zero attached hydrogens (tertiary/aromatic N) is 3. The van der Waals surface area contributed by atoms with Gasteiger partial charge in [0.15, 0.2) is 0 Å². The van der Waals surface area contributed by atoms with Crippen LogP contribution in [0.2, 0.25) is 0 Å². The molecule has 0 aromatic carbocycles. The Labute approximate surface area is 108 Å². The van der Waals surface area contributed by atoms with Crippen LogP contribution in [0.5, 0.6) is 0 Å². The zero-order chi connectivity index (χ0) is 13.8. The molecule has 0 aliphatic carbocycles. The fraction of sp³-hybridized carbons (Fsp3) is 0.615. The molecule has 0 bridgehead atoms. The summed E-state index contributed by atoms with van der Waals surface area (Å²) in [4.78, 5) is 15.7. The SMILES string of the molecule is CC(C)CC(=NC(=O)OC(C)(C)C)n1cccn1. The molecule has 1 amide bonds. The van der Waals surface area contributed by atoms with Gasteiger partial charge >= 0.3 is 6.09 Å². The van der Waals surface area contributed by atoms with Gasteiger partial charge < -0.3 is 4.74 Å². The zero-order valence-corrected chi connectivity index (χ0v) is 11.7. The topological polar surface area (TPSA) is 56.5 Å². The number of rotatable bonds is 2. The summed E-state index contributed by atoms with van der Waals surface area (Å²) in [7, 11) is 0. The van der Waals surface area contributed by atoms with Crippen molar-refractivity contribution >= 4 is 11.9 Å². The molecule has 100 valence electrons. The fourth-order valence-electron chi connectivity index (χ4n) is 1.37. The lowest BCUT2D eigenvalue weighted by Gasteiger charge is -2.18. The fourth-order valence-corrected chi connectivity index (χ4v) is 1.37. The molecule has 0 atom stereocenters. The molecule has 0 spiro atoms. The number of hydrogen-bond acceptors (Lipinski definition) is 3. The maximum absolute atomic E-state index is 11.7. The largest absolute Gasteiger partial charge is 0.442 e. The minimum Gasteiger partial charge on any atom is -0.442 e. The van der Waals surface area contributed by atoms with Crippen molar-refractivity contribution < 1.29 is 9.53 Å². The van der Waals surface area contributed by atoms with Gasteiger partial charge in [-0.15, -0.1) is 0 Å². The van der Waals surface area contributed by atoms with Crippen LogP contribution in [0.15, 0.2) is 23.5 Å². The van der Waals surface area contributed by atoms with E-state index in [1.54, 1.807) is 23.1 Å². The molecule has 0 saturated heterocycles. The van der Waals surface area contributed by atoms with Gasteiger partial charge in [0.05, 0.1) is 0 Å². The third-order valence-electron chi connectivity index (χ3n) is 1.97. The van der Waals surface area contributed by atoms with Gasteiger partial charge in [0.25, 0.3) is 0 Å². The Morgan fingerprint density at radius 1 is 1.44 bits per heavy atom. The number of aliphatic imine (C=N–C) groups is 1. The van der Waals surface area contributed by atoms with Crippen molar-refractivity contribution in [1.29, 1.82) is 0 Å². The Morgan fingerprint density at radius 2 is 2.11 bits per heavy atom. The maximum Gasteiger partial charge on any atom is 0.435 e. The minimum atomic E-state index is -0.575. The van der Waals surface area contributed by atoms with Crippen LogP contribution >= 0.6 is 0 Å². The van der Waals surface area contributed by atoms with Crippen LogP contribution in [0.1, 0.15) is 41.0 Å². The first-order chi connectivity index (χ1) is 8.28. The van der Waals surface area contributed by atoms with Crippen molar-refractivity contribution in [2.24, 2.45) is 10.9 Å². The van der Waals surface area contributed by atoms with E-state index in [0.29, 0.717) is 18.2 Å². The average molecular weight is 251 g/mol. The molecular weight excluding hydrogens is 230 g/mol. The molecule has 1 rings (SSSR count).